The van der Waals surface area contributed by atoms with Gasteiger partial charge in [-0.05, 0) is 74.2 Å². The molecule has 0 radical (unpaired) electrons. The Morgan fingerprint density at radius 3 is 1.35 bits per heavy atom. The van der Waals surface area contributed by atoms with Crippen molar-refractivity contribution in [3.63, 3.8) is 0 Å². The Hall–Kier alpha value is -7.16. The van der Waals surface area contributed by atoms with Crippen molar-refractivity contribution in [1.29, 1.82) is 0 Å². The molecule has 0 N–H and O–H groups in total. The molecule has 2 aromatic heterocycles. The van der Waals surface area contributed by atoms with Gasteiger partial charge >= 0.3 is 0 Å². The molecule has 54 heavy (non-hydrogen) atoms. The summed E-state index contributed by atoms with van der Waals surface area (Å²) in [5.41, 5.74) is 15.5. The fourth-order valence-electron chi connectivity index (χ4n) is 7.66. The summed E-state index contributed by atoms with van der Waals surface area (Å²) >= 11 is 0. The Bertz CT molecular complexity index is 2930. The molecule has 2 heteroatoms. The number of nitrogens with zero attached hydrogens (tertiary/aromatic N) is 2. The van der Waals surface area contributed by atoms with Gasteiger partial charge in [0.15, 0.2) is 0 Å². The van der Waals surface area contributed by atoms with Crippen molar-refractivity contribution < 1.29 is 0 Å². The van der Waals surface area contributed by atoms with Gasteiger partial charge in [0, 0.05) is 27.3 Å². The van der Waals surface area contributed by atoms with Gasteiger partial charge in [-0.2, -0.15) is 0 Å². The maximum Gasteiger partial charge on any atom is 0.0794 e. The van der Waals surface area contributed by atoms with E-state index in [0.29, 0.717) is 0 Å². The van der Waals surface area contributed by atoms with Gasteiger partial charge in [-0.3, -0.25) is 0 Å². The van der Waals surface area contributed by atoms with Gasteiger partial charge in [0.1, 0.15) is 0 Å². The minimum Gasteiger partial charge on any atom is -0.248 e. The van der Waals surface area contributed by atoms with Crippen LogP contribution in [0.2, 0.25) is 0 Å². The van der Waals surface area contributed by atoms with Crippen LogP contribution in [0.4, 0.5) is 0 Å². The van der Waals surface area contributed by atoms with Gasteiger partial charge in [0.25, 0.3) is 0 Å². The van der Waals surface area contributed by atoms with Crippen LogP contribution < -0.4 is 0 Å². The van der Waals surface area contributed by atoms with Gasteiger partial charge in [-0.1, -0.05) is 182 Å². The molecule has 2 nitrogen and oxygen atoms in total. The predicted octanol–water partition coefficient (Wildman–Crippen LogP) is 13.9. The van der Waals surface area contributed by atoms with Crippen LogP contribution in [0.15, 0.2) is 206 Å². The van der Waals surface area contributed by atoms with Crippen LogP contribution in [0.3, 0.4) is 0 Å². The van der Waals surface area contributed by atoms with E-state index in [1.165, 1.54) is 38.8 Å². The molecule has 0 bridgehead atoms. The third-order valence-corrected chi connectivity index (χ3v) is 10.5. The zero-order valence-corrected chi connectivity index (χ0v) is 29.5. The van der Waals surface area contributed by atoms with Gasteiger partial charge in [0.05, 0.1) is 22.4 Å². The van der Waals surface area contributed by atoms with E-state index in [2.05, 4.69) is 194 Å². The Kier molecular flexibility index (Phi) is 7.85. The lowest BCUT2D eigenvalue weighted by Gasteiger charge is -2.16. The molecule has 10 rings (SSSR count). The summed E-state index contributed by atoms with van der Waals surface area (Å²) in [7, 11) is 0. The van der Waals surface area contributed by atoms with E-state index in [4.69, 9.17) is 9.97 Å². The van der Waals surface area contributed by atoms with Crippen molar-refractivity contribution in [3.05, 3.63) is 206 Å². The second-order valence-corrected chi connectivity index (χ2v) is 13.8. The van der Waals surface area contributed by atoms with Crippen LogP contribution in [0, 0.1) is 0 Å². The zero-order valence-electron chi connectivity index (χ0n) is 29.5. The van der Waals surface area contributed by atoms with Crippen molar-refractivity contribution in [2.24, 2.45) is 0 Å². The average Bonchev–Trinajstić information content (AvgIpc) is 3.26. The van der Waals surface area contributed by atoms with E-state index in [1.807, 2.05) is 12.1 Å². The normalized spacial score (nSPS) is 11.3. The van der Waals surface area contributed by atoms with Crippen LogP contribution in [0.5, 0.6) is 0 Å². The van der Waals surface area contributed by atoms with E-state index < -0.39 is 0 Å². The van der Waals surface area contributed by atoms with Crippen molar-refractivity contribution in [2.75, 3.05) is 0 Å². The lowest BCUT2D eigenvalue weighted by atomic mass is 9.90. The molecule has 2 heterocycles. The van der Waals surface area contributed by atoms with Crippen molar-refractivity contribution in [1.82, 2.24) is 9.97 Å². The third-order valence-electron chi connectivity index (χ3n) is 10.5. The number of benzene rings is 8. The van der Waals surface area contributed by atoms with Gasteiger partial charge in [-0.15, -0.1) is 0 Å². The number of fused-ring (bicyclic) bond motifs is 4. The molecule has 0 aliphatic carbocycles. The summed E-state index contributed by atoms with van der Waals surface area (Å²) in [5, 5.41) is 4.59. The number of pyridine rings is 2. The maximum atomic E-state index is 5.44. The summed E-state index contributed by atoms with van der Waals surface area (Å²) in [4.78, 5) is 10.4. The number of hydrogen-bond donors (Lipinski definition) is 0. The van der Waals surface area contributed by atoms with Gasteiger partial charge in [0.2, 0.25) is 0 Å². The standard InChI is InChI=1S/C52H34N2/c1-3-11-35(12-4-1)37-19-23-39(24-20-37)46-33-48-47(40-25-21-38(22-26-40)36-13-5-2-6-14-36)34-51(54-52(48)45-17-9-8-16-44(45)46)43-29-27-42(28-30-43)50-32-31-41-15-7-10-18-49(41)53-50/h1-34H. The molecule has 0 atom stereocenters. The van der Waals surface area contributed by atoms with Crippen molar-refractivity contribution in [2.45, 2.75) is 0 Å². The number of para-hydroxylation sites is 1. The highest BCUT2D eigenvalue weighted by molar-refractivity contribution is 6.16. The first-order chi connectivity index (χ1) is 26.7. The van der Waals surface area contributed by atoms with Crippen LogP contribution >= 0.6 is 0 Å². The van der Waals surface area contributed by atoms with E-state index >= 15 is 0 Å². The summed E-state index contributed by atoms with van der Waals surface area (Å²) in [5.74, 6) is 0. The smallest absolute Gasteiger partial charge is 0.0794 e. The second kappa shape index (κ2) is 13.4. The molecule has 0 amide bonds. The molecule has 8 aromatic carbocycles. The van der Waals surface area contributed by atoms with Crippen LogP contribution in [0.25, 0.3) is 99.6 Å². The van der Waals surface area contributed by atoms with E-state index in [-0.39, 0.29) is 0 Å². The van der Waals surface area contributed by atoms with Crippen molar-refractivity contribution in [3.8, 4) is 67.0 Å². The number of aromatic nitrogens is 2. The summed E-state index contributed by atoms with van der Waals surface area (Å²) in [6, 6.07) is 73.5. The first kappa shape index (κ1) is 31.6. The van der Waals surface area contributed by atoms with Gasteiger partial charge in [-0.25, -0.2) is 9.97 Å². The minimum atomic E-state index is 0.938. The fourth-order valence-corrected chi connectivity index (χ4v) is 7.66. The molecule has 0 fully saturated rings. The van der Waals surface area contributed by atoms with E-state index in [1.54, 1.807) is 0 Å². The molecule has 0 aliphatic heterocycles. The zero-order chi connectivity index (χ0) is 35.8. The third kappa shape index (κ3) is 5.81. The summed E-state index contributed by atoms with van der Waals surface area (Å²) < 4.78 is 0. The van der Waals surface area contributed by atoms with Crippen LogP contribution in [-0.4, -0.2) is 9.97 Å². The first-order valence-electron chi connectivity index (χ1n) is 18.4. The predicted molar refractivity (Wildman–Crippen MR) is 227 cm³/mol. The topological polar surface area (TPSA) is 25.8 Å². The van der Waals surface area contributed by atoms with Crippen LogP contribution in [0.1, 0.15) is 0 Å². The molecular formula is C52H34N2. The van der Waals surface area contributed by atoms with E-state index in [9.17, 15) is 0 Å². The molecular weight excluding hydrogens is 653 g/mol. The SMILES string of the molecule is c1ccc(-c2ccc(-c3cc4c(-c5ccc(-c6ccccc6)cc5)cc(-c5ccc(-c6ccc7ccccc7n6)cc5)nc4c4ccccc34)cc2)cc1. The second-order valence-electron chi connectivity index (χ2n) is 13.8. The summed E-state index contributed by atoms with van der Waals surface area (Å²) in [6.07, 6.45) is 0. The Labute approximate surface area is 314 Å². The lowest BCUT2D eigenvalue weighted by molar-refractivity contribution is 1.38. The number of hydrogen-bond acceptors (Lipinski definition) is 2. The largest absolute Gasteiger partial charge is 0.248 e. The molecule has 0 saturated carbocycles. The molecule has 10 aromatic rings. The van der Waals surface area contributed by atoms with Crippen LogP contribution in [-0.2, 0) is 0 Å². The Balaban J connectivity index is 1.14. The average molecular weight is 687 g/mol. The highest BCUT2D eigenvalue weighted by Gasteiger charge is 2.17. The number of rotatable bonds is 6. The minimum absolute atomic E-state index is 0.938. The first-order valence-corrected chi connectivity index (χ1v) is 18.4. The maximum absolute atomic E-state index is 5.44. The highest BCUT2D eigenvalue weighted by Crippen LogP contribution is 2.41. The van der Waals surface area contributed by atoms with Gasteiger partial charge < -0.3 is 0 Å². The van der Waals surface area contributed by atoms with Crippen molar-refractivity contribution >= 4 is 32.6 Å². The van der Waals surface area contributed by atoms with E-state index in [0.717, 1.165) is 60.8 Å². The molecule has 0 spiro atoms. The molecule has 0 unspecified atom stereocenters. The molecule has 0 aliphatic rings. The monoisotopic (exact) mass is 686 g/mol. The Morgan fingerprint density at radius 2 is 0.722 bits per heavy atom. The fraction of sp³-hybridized carbons (Fsp3) is 0. The molecule has 252 valence electrons. The summed E-state index contributed by atoms with van der Waals surface area (Å²) in [6.45, 7) is 0. The lowest BCUT2D eigenvalue weighted by Crippen LogP contribution is -1.94. The quantitative estimate of drug-likeness (QED) is 0.163. The highest BCUT2D eigenvalue weighted by atomic mass is 14.7. The Morgan fingerprint density at radius 1 is 0.259 bits per heavy atom. The molecule has 0 saturated heterocycles.